The Labute approximate surface area is 124 Å². The normalized spacial score (nSPS) is 21.4. The fraction of sp³-hybridized carbons (Fsp3) is 0.786. The molecule has 1 aromatic heterocycles. The number of carbonyl (C=O) groups is 1. The molecule has 0 aliphatic heterocycles. The summed E-state index contributed by atoms with van der Waals surface area (Å²) in [6, 6.07) is 0.266. The Hall–Kier alpha value is -1.17. The lowest BCUT2D eigenvalue weighted by Crippen LogP contribution is -2.40. The van der Waals surface area contributed by atoms with Gasteiger partial charge >= 0.3 is 0 Å². The minimum Gasteiger partial charge on any atom is -0.360 e. The summed E-state index contributed by atoms with van der Waals surface area (Å²) in [6.45, 7) is 7.48. The second kappa shape index (κ2) is 6.52. The van der Waals surface area contributed by atoms with Gasteiger partial charge in [0, 0.05) is 12.6 Å². The van der Waals surface area contributed by atoms with Gasteiger partial charge in [0.25, 0.3) is 5.91 Å². The van der Waals surface area contributed by atoms with Crippen LogP contribution in [0.4, 0.5) is 5.13 Å². The molecular weight excluding hydrogens is 272 g/mol. The minimum absolute atomic E-state index is 0.0882. The zero-order valence-electron chi connectivity index (χ0n) is 12.5. The molecule has 112 valence electrons. The summed E-state index contributed by atoms with van der Waals surface area (Å²) in [5.74, 6) is -0.0882. The summed E-state index contributed by atoms with van der Waals surface area (Å²) in [5.41, 5.74) is 0.325. The Bertz CT molecular complexity index is 458. The van der Waals surface area contributed by atoms with Crippen molar-refractivity contribution in [3.8, 4) is 0 Å². The van der Waals surface area contributed by atoms with Crippen LogP contribution in [0, 0.1) is 5.41 Å². The van der Waals surface area contributed by atoms with Crippen LogP contribution in [0.25, 0.3) is 0 Å². The van der Waals surface area contributed by atoms with Crippen LogP contribution in [0.3, 0.4) is 0 Å². The van der Waals surface area contributed by atoms with Crippen LogP contribution in [0.5, 0.6) is 0 Å². The molecule has 1 saturated carbocycles. The van der Waals surface area contributed by atoms with Gasteiger partial charge < -0.3 is 10.6 Å². The van der Waals surface area contributed by atoms with E-state index in [4.69, 9.17) is 0 Å². The molecule has 1 aromatic rings. The Morgan fingerprint density at radius 2 is 2.25 bits per heavy atom. The predicted molar refractivity (Wildman–Crippen MR) is 82.2 cm³/mol. The second-order valence-electron chi connectivity index (χ2n) is 6.27. The minimum atomic E-state index is -0.0882. The molecule has 1 aliphatic rings. The molecule has 1 aliphatic carbocycles. The summed E-state index contributed by atoms with van der Waals surface area (Å²) < 4.78 is 0. The highest BCUT2D eigenvalue weighted by Crippen LogP contribution is 2.35. The Morgan fingerprint density at radius 3 is 2.95 bits per heavy atom. The van der Waals surface area contributed by atoms with Gasteiger partial charge in [-0.2, -0.15) is 0 Å². The van der Waals surface area contributed by atoms with Gasteiger partial charge in [0.15, 0.2) is 0 Å². The van der Waals surface area contributed by atoms with E-state index in [0.717, 1.165) is 30.9 Å². The number of anilines is 1. The summed E-state index contributed by atoms with van der Waals surface area (Å²) in [7, 11) is 0. The van der Waals surface area contributed by atoms with E-state index in [1.807, 2.05) is 0 Å². The first-order valence-electron chi connectivity index (χ1n) is 7.38. The Balaban J connectivity index is 1.89. The van der Waals surface area contributed by atoms with Crippen molar-refractivity contribution < 1.29 is 4.79 Å². The van der Waals surface area contributed by atoms with E-state index in [1.54, 1.807) is 0 Å². The first kappa shape index (κ1) is 15.2. The van der Waals surface area contributed by atoms with Gasteiger partial charge in [0.1, 0.15) is 0 Å². The summed E-state index contributed by atoms with van der Waals surface area (Å²) in [6.07, 6.45) is 5.55. The lowest BCUT2D eigenvalue weighted by molar-refractivity contribution is 0.0901. The number of rotatable bonds is 5. The van der Waals surface area contributed by atoms with E-state index in [1.165, 1.54) is 24.2 Å². The van der Waals surface area contributed by atoms with Crippen molar-refractivity contribution in [3.05, 3.63) is 5.01 Å². The summed E-state index contributed by atoms with van der Waals surface area (Å²) >= 11 is 1.32. The molecule has 2 N–H and O–H groups in total. The SMILES string of the molecule is CCCNc1nnc(C(=O)NC2CCCC(C)(C)C2)s1. The molecule has 1 amide bonds. The number of nitrogens with zero attached hydrogens (tertiary/aromatic N) is 2. The average molecular weight is 296 g/mol. The third kappa shape index (κ3) is 4.16. The van der Waals surface area contributed by atoms with Gasteiger partial charge in [-0.3, -0.25) is 4.79 Å². The van der Waals surface area contributed by atoms with Gasteiger partial charge in [-0.15, -0.1) is 10.2 Å². The van der Waals surface area contributed by atoms with Crippen LogP contribution in [-0.2, 0) is 0 Å². The van der Waals surface area contributed by atoms with Crippen molar-refractivity contribution in [3.63, 3.8) is 0 Å². The number of carbonyl (C=O) groups excluding carboxylic acids is 1. The van der Waals surface area contributed by atoms with Gasteiger partial charge in [-0.25, -0.2) is 0 Å². The van der Waals surface area contributed by atoms with Crippen LogP contribution in [0.1, 0.15) is 62.7 Å². The molecule has 0 bridgehead atoms. The number of hydrogen-bond acceptors (Lipinski definition) is 5. The fourth-order valence-corrected chi connectivity index (χ4v) is 3.36. The fourth-order valence-electron chi connectivity index (χ4n) is 2.69. The Kier molecular flexibility index (Phi) is 4.96. The molecule has 1 unspecified atom stereocenters. The van der Waals surface area contributed by atoms with E-state index in [-0.39, 0.29) is 11.9 Å². The lowest BCUT2D eigenvalue weighted by atomic mass is 9.75. The quantitative estimate of drug-likeness (QED) is 0.876. The molecule has 5 nitrogen and oxygen atoms in total. The third-order valence-electron chi connectivity index (χ3n) is 3.69. The maximum Gasteiger partial charge on any atom is 0.282 e. The summed E-state index contributed by atoms with van der Waals surface area (Å²) in [4.78, 5) is 12.2. The molecule has 2 rings (SSSR count). The first-order chi connectivity index (χ1) is 9.50. The molecular formula is C14H24N4OS. The van der Waals surface area contributed by atoms with Gasteiger partial charge in [0.2, 0.25) is 10.1 Å². The van der Waals surface area contributed by atoms with Gasteiger partial charge in [-0.05, 0) is 31.1 Å². The average Bonchev–Trinajstić information content (AvgIpc) is 2.84. The third-order valence-corrected chi connectivity index (χ3v) is 4.57. The van der Waals surface area contributed by atoms with E-state index in [9.17, 15) is 4.79 Å². The predicted octanol–water partition coefficient (Wildman–Crippen LogP) is 3.06. The van der Waals surface area contributed by atoms with Gasteiger partial charge in [0.05, 0.1) is 0 Å². The van der Waals surface area contributed by atoms with E-state index < -0.39 is 0 Å². The molecule has 20 heavy (non-hydrogen) atoms. The van der Waals surface area contributed by atoms with Crippen LogP contribution < -0.4 is 10.6 Å². The van der Waals surface area contributed by atoms with Gasteiger partial charge in [-0.1, -0.05) is 38.5 Å². The molecule has 1 fully saturated rings. The Morgan fingerprint density at radius 1 is 1.45 bits per heavy atom. The van der Waals surface area contributed by atoms with Crippen molar-refractivity contribution >= 4 is 22.4 Å². The highest BCUT2D eigenvalue weighted by Gasteiger charge is 2.29. The summed E-state index contributed by atoms with van der Waals surface area (Å²) in [5, 5.41) is 15.4. The highest BCUT2D eigenvalue weighted by molar-refractivity contribution is 7.17. The maximum absolute atomic E-state index is 12.2. The van der Waals surface area contributed by atoms with E-state index in [2.05, 4.69) is 41.6 Å². The molecule has 0 radical (unpaired) electrons. The zero-order valence-corrected chi connectivity index (χ0v) is 13.3. The zero-order chi connectivity index (χ0) is 14.6. The molecule has 1 atom stereocenters. The van der Waals surface area contributed by atoms with E-state index >= 15 is 0 Å². The van der Waals surface area contributed by atoms with Crippen molar-refractivity contribution in [2.24, 2.45) is 5.41 Å². The maximum atomic E-state index is 12.2. The largest absolute Gasteiger partial charge is 0.360 e. The van der Waals surface area contributed by atoms with Crippen LogP contribution in [0.2, 0.25) is 0 Å². The van der Waals surface area contributed by atoms with Crippen molar-refractivity contribution in [1.82, 2.24) is 15.5 Å². The van der Waals surface area contributed by atoms with Crippen molar-refractivity contribution in [2.75, 3.05) is 11.9 Å². The first-order valence-corrected chi connectivity index (χ1v) is 8.20. The highest BCUT2D eigenvalue weighted by atomic mass is 32.1. The second-order valence-corrected chi connectivity index (χ2v) is 7.25. The molecule has 6 heteroatoms. The van der Waals surface area contributed by atoms with Crippen LogP contribution >= 0.6 is 11.3 Å². The molecule has 0 spiro atoms. The number of nitrogens with one attached hydrogen (secondary N) is 2. The molecule has 0 aromatic carbocycles. The lowest BCUT2D eigenvalue weighted by Gasteiger charge is -2.35. The molecule has 0 saturated heterocycles. The van der Waals surface area contributed by atoms with E-state index in [0.29, 0.717) is 10.4 Å². The van der Waals surface area contributed by atoms with Crippen molar-refractivity contribution in [1.29, 1.82) is 0 Å². The standard InChI is InChI=1S/C14H24N4OS/c1-4-8-15-13-18-17-12(20-13)11(19)16-10-6-5-7-14(2,3)9-10/h10H,4-9H2,1-3H3,(H,15,18)(H,16,19). The number of amides is 1. The van der Waals surface area contributed by atoms with Crippen LogP contribution in [0.15, 0.2) is 0 Å². The number of hydrogen-bond donors (Lipinski definition) is 2. The van der Waals surface area contributed by atoms with Crippen LogP contribution in [-0.4, -0.2) is 28.7 Å². The topological polar surface area (TPSA) is 66.9 Å². The molecule has 1 heterocycles. The number of aromatic nitrogens is 2. The smallest absolute Gasteiger partial charge is 0.282 e. The van der Waals surface area contributed by atoms with Crippen molar-refractivity contribution in [2.45, 2.75) is 58.9 Å². The monoisotopic (exact) mass is 296 g/mol.